The van der Waals surface area contributed by atoms with Crippen LogP contribution >= 0.6 is 0 Å². The molecule has 9 heavy (non-hydrogen) atoms. The summed E-state index contributed by atoms with van der Waals surface area (Å²) in [6, 6.07) is 0. The molecule has 0 N–H and O–H groups in total. The second-order valence-corrected chi connectivity index (χ2v) is 1.37. The summed E-state index contributed by atoms with van der Waals surface area (Å²) < 4.78 is 0. The Labute approximate surface area is 57.3 Å². The molecule has 0 saturated carbocycles. The van der Waals surface area contributed by atoms with Crippen molar-refractivity contribution in [3.05, 3.63) is 0 Å². The fourth-order valence-electron chi connectivity index (χ4n) is 0.141. The van der Waals surface area contributed by atoms with Crippen molar-refractivity contribution in [2.75, 3.05) is 21.2 Å². The van der Waals surface area contributed by atoms with E-state index in [0.717, 1.165) is 0 Å². The van der Waals surface area contributed by atoms with Gasteiger partial charge < -0.3 is 9.74 Å². The van der Waals surface area contributed by atoms with Crippen molar-refractivity contribution in [2.24, 2.45) is 5.16 Å². The summed E-state index contributed by atoms with van der Waals surface area (Å²) in [5, 5.41) is 3.47. The van der Waals surface area contributed by atoms with Crippen molar-refractivity contribution in [1.29, 1.82) is 0 Å². The Bertz CT molecular complexity index is 62.1. The number of rotatable bonds is 2. The number of hydrogen-bond donors (Lipinski definition) is 0. The molecule has 0 radical (unpaired) electrons. The molecule has 56 valence electrons. The van der Waals surface area contributed by atoms with Gasteiger partial charge in [-0.3, -0.25) is 0 Å². The van der Waals surface area contributed by atoms with Crippen LogP contribution in [0, 0.1) is 0 Å². The average Bonchev–Trinajstić information content (AvgIpc) is 1.88. The Morgan fingerprint density at radius 1 is 1.33 bits per heavy atom. The van der Waals surface area contributed by atoms with Crippen LogP contribution < -0.4 is 0 Å². The van der Waals surface area contributed by atoms with E-state index in [1.165, 1.54) is 7.11 Å². The third kappa shape index (κ3) is 18.9. The van der Waals surface area contributed by atoms with Crippen molar-refractivity contribution in [3.8, 4) is 0 Å². The standard InChI is InChI=1S/C4H10N2O.C2H6/c1-6(2)4-5-7-3;1-2/h4H,1-3H3;1-2H3/b5-4-;. The van der Waals surface area contributed by atoms with Crippen LogP contribution in [-0.2, 0) is 4.84 Å². The zero-order valence-corrected chi connectivity index (χ0v) is 6.88. The lowest BCUT2D eigenvalue weighted by molar-refractivity contribution is 0.211. The van der Waals surface area contributed by atoms with Gasteiger partial charge in [0.1, 0.15) is 13.4 Å². The molecule has 3 heteroatoms. The first kappa shape index (κ1) is 11.1. The maximum Gasteiger partial charge on any atom is 0.130 e. The van der Waals surface area contributed by atoms with Gasteiger partial charge in [-0.25, -0.2) is 0 Å². The first-order valence-electron chi connectivity index (χ1n) is 3.00. The minimum atomic E-state index is 1.51. The van der Waals surface area contributed by atoms with Crippen LogP contribution in [0.2, 0.25) is 0 Å². The molecule has 3 nitrogen and oxygen atoms in total. The Morgan fingerprint density at radius 2 is 1.78 bits per heavy atom. The monoisotopic (exact) mass is 132 g/mol. The van der Waals surface area contributed by atoms with Crippen LogP contribution in [0.4, 0.5) is 0 Å². The third-order valence-electron chi connectivity index (χ3n) is 0.383. The van der Waals surface area contributed by atoms with E-state index in [1.54, 1.807) is 11.2 Å². The second-order valence-electron chi connectivity index (χ2n) is 1.37. The lowest BCUT2D eigenvalue weighted by Crippen LogP contribution is -2.07. The first-order chi connectivity index (χ1) is 4.27. The minimum absolute atomic E-state index is 1.51. The van der Waals surface area contributed by atoms with E-state index in [-0.39, 0.29) is 0 Å². The zero-order valence-electron chi connectivity index (χ0n) is 6.88. The SMILES string of the molecule is CC.CO/N=C\N(C)C. The van der Waals surface area contributed by atoms with Crippen LogP contribution in [0.1, 0.15) is 13.8 Å². The topological polar surface area (TPSA) is 24.8 Å². The van der Waals surface area contributed by atoms with E-state index in [0.29, 0.717) is 0 Å². The Kier molecular flexibility index (Phi) is 12.7. The quantitative estimate of drug-likeness (QED) is 0.320. The van der Waals surface area contributed by atoms with Crippen molar-refractivity contribution >= 4 is 6.34 Å². The predicted octanol–water partition coefficient (Wildman–Crippen LogP) is 1.16. The molecule has 0 aliphatic heterocycles. The number of oxime groups is 1. The van der Waals surface area contributed by atoms with Crippen molar-refractivity contribution in [3.63, 3.8) is 0 Å². The Morgan fingerprint density at radius 3 is 1.89 bits per heavy atom. The highest BCUT2D eigenvalue weighted by atomic mass is 16.6. The smallest absolute Gasteiger partial charge is 0.130 e. The van der Waals surface area contributed by atoms with Gasteiger partial charge in [-0.15, -0.1) is 0 Å². The summed E-state index contributed by atoms with van der Waals surface area (Å²) >= 11 is 0. The fraction of sp³-hybridized carbons (Fsp3) is 0.833. The molecule has 0 bridgehead atoms. The lowest BCUT2D eigenvalue weighted by Gasteiger charge is -1.99. The van der Waals surface area contributed by atoms with Crippen LogP contribution in [0.3, 0.4) is 0 Å². The van der Waals surface area contributed by atoms with Gasteiger partial charge in [0.2, 0.25) is 0 Å². The van der Waals surface area contributed by atoms with Gasteiger partial charge in [-0.2, -0.15) is 0 Å². The molecule has 0 fully saturated rings. The molecule has 0 unspecified atom stereocenters. The first-order valence-corrected chi connectivity index (χ1v) is 3.00. The molecule has 0 aromatic carbocycles. The van der Waals surface area contributed by atoms with E-state index in [2.05, 4.69) is 9.99 Å². The molecule has 0 aromatic rings. The van der Waals surface area contributed by atoms with Crippen LogP contribution in [0.5, 0.6) is 0 Å². The average molecular weight is 132 g/mol. The van der Waals surface area contributed by atoms with E-state index in [4.69, 9.17) is 0 Å². The van der Waals surface area contributed by atoms with E-state index in [9.17, 15) is 0 Å². The van der Waals surface area contributed by atoms with Crippen molar-refractivity contribution in [2.45, 2.75) is 13.8 Å². The minimum Gasteiger partial charge on any atom is -0.398 e. The Balaban J connectivity index is 0. The highest BCUT2D eigenvalue weighted by Gasteiger charge is 1.71. The third-order valence-corrected chi connectivity index (χ3v) is 0.383. The second kappa shape index (κ2) is 10.3. The molecule has 0 atom stereocenters. The Hall–Kier alpha value is -0.730. The highest BCUT2D eigenvalue weighted by molar-refractivity contribution is 5.52. The van der Waals surface area contributed by atoms with Crippen molar-refractivity contribution in [1.82, 2.24) is 4.90 Å². The molecule has 0 heterocycles. The van der Waals surface area contributed by atoms with Crippen LogP contribution in [0.25, 0.3) is 0 Å². The summed E-state index contributed by atoms with van der Waals surface area (Å²) in [7, 11) is 5.27. The summed E-state index contributed by atoms with van der Waals surface area (Å²) in [6.07, 6.45) is 1.58. The number of nitrogens with zero attached hydrogens (tertiary/aromatic N) is 2. The summed E-state index contributed by atoms with van der Waals surface area (Å²) in [6.45, 7) is 4.00. The molecule has 0 spiro atoms. The zero-order chi connectivity index (χ0) is 7.70. The van der Waals surface area contributed by atoms with Gasteiger partial charge in [-0.05, 0) is 0 Å². The molecular weight excluding hydrogens is 116 g/mol. The van der Waals surface area contributed by atoms with E-state index >= 15 is 0 Å². The van der Waals surface area contributed by atoms with E-state index < -0.39 is 0 Å². The van der Waals surface area contributed by atoms with Gasteiger partial charge in [0.15, 0.2) is 0 Å². The van der Waals surface area contributed by atoms with Crippen molar-refractivity contribution < 1.29 is 4.84 Å². The van der Waals surface area contributed by atoms with Gasteiger partial charge >= 0.3 is 0 Å². The fourth-order valence-corrected chi connectivity index (χ4v) is 0.141. The number of hydrogen-bond acceptors (Lipinski definition) is 2. The summed E-state index contributed by atoms with van der Waals surface area (Å²) in [5.41, 5.74) is 0. The molecule has 0 amide bonds. The van der Waals surface area contributed by atoms with Gasteiger partial charge in [0, 0.05) is 14.1 Å². The summed E-state index contributed by atoms with van der Waals surface area (Å²) in [5.74, 6) is 0. The maximum absolute atomic E-state index is 4.38. The van der Waals surface area contributed by atoms with Gasteiger partial charge in [-0.1, -0.05) is 19.0 Å². The molecule has 0 aliphatic rings. The summed E-state index contributed by atoms with van der Waals surface area (Å²) in [4.78, 5) is 6.18. The molecular formula is C6H16N2O. The van der Waals surface area contributed by atoms with E-state index in [1.807, 2.05) is 27.9 Å². The highest BCUT2D eigenvalue weighted by Crippen LogP contribution is 1.65. The normalized spacial score (nSPS) is 8.11. The van der Waals surface area contributed by atoms with Crippen LogP contribution in [-0.4, -0.2) is 32.4 Å². The van der Waals surface area contributed by atoms with Crippen LogP contribution in [0.15, 0.2) is 5.16 Å². The maximum atomic E-state index is 4.38. The predicted molar refractivity (Wildman–Crippen MR) is 40.5 cm³/mol. The van der Waals surface area contributed by atoms with Gasteiger partial charge in [0.25, 0.3) is 0 Å². The molecule has 0 aliphatic carbocycles. The molecule has 0 rings (SSSR count). The molecule has 0 saturated heterocycles. The lowest BCUT2D eigenvalue weighted by atomic mass is 11.0. The largest absolute Gasteiger partial charge is 0.398 e. The molecule has 0 aromatic heterocycles. The van der Waals surface area contributed by atoms with Gasteiger partial charge in [0.05, 0.1) is 0 Å².